The van der Waals surface area contributed by atoms with E-state index in [-0.39, 0.29) is 30.4 Å². The molecule has 0 bridgehead atoms. The molecule has 0 saturated heterocycles. The van der Waals surface area contributed by atoms with E-state index in [4.69, 9.17) is 25.6 Å². The van der Waals surface area contributed by atoms with Crippen molar-refractivity contribution in [2.75, 3.05) is 18.5 Å². The molecule has 0 radical (unpaired) electrons. The molecule has 122 valence electrons. The predicted molar refractivity (Wildman–Crippen MR) is 83.6 cm³/mol. The SMILES string of the molecule is CCOC(=O)Nc1onc(-c2ccc(Cl)cc2)c1C(=O)OCC. The first-order valence-corrected chi connectivity index (χ1v) is 7.31. The molecule has 0 spiro atoms. The number of nitrogens with zero attached hydrogens (tertiary/aromatic N) is 1. The molecule has 0 unspecified atom stereocenters. The van der Waals surface area contributed by atoms with Crippen molar-refractivity contribution in [2.24, 2.45) is 0 Å². The van der Waals surface area contributed by atoms with Gasteiger partial charge in [-0.05, 0) is 26.0 Å². The Morgan fingerprint density at radius 1 is 1.17 bits per heavy atom. The number of carbonyl (C=O) groups is 2. The first-order valence-electron chi connectivity index (χ1n) is 6.93. The topological polar surface area (TPSA) is 90.7 Å². The van der Waals surface area contributed by atoms with E-state index in [1.807, 2.05) is 0 Å². The van der Waals surface area contributed by atoms with Gasteiger partial charge in [-0.25, -0.2) is 9.59 Å². The highest BCUT2D eigenvalue weighted by molar-refractivity contribution is 6.30. The number of ether oxygens (including phenoxy) is 2. The molecule has 2 aromatic rings. The number of carbonyl (C=O) groups excluding carboxylic acids is 2. The second-order valence-electron chi connectivity index (χ2n) is 4.31. The van der Waals surface area contributed by atoms with Crippen LogP contribution in [0.15, 0.2) is 28.8 Å². The van der Waals surface area contributed by atoms with Crippen molar-refractivity contribution in [2.45, 2.75) is 13.8 Å². The number of benzene rings is 1. The van der Waals surface area contributed by atoms with Crippen molar-refractivity contribution in [3.63, 3.8) is 0 Å². The van der Waals surface area contributed by atoms with E-state index in [2.05, 4.69) is 10.5 Å². The Balaban J connectivity index is 2.42. The Morgan fingerprint density at radius 2 is 1.83 bits per heavy atom. The molecule has 0 saturated carbocycles. The zero-order valence-corrected chi connectivity index (χ0v) is 13.3. The summed E-state index contributed by atoms with van der Waals surface area (Å²) in [5, 5.41) is 6.72. The van der Waals surface area contributed by atoms with Crippen LogP contribution < -0.4 is 5.32 Å². The van der Waals surface area contributed by atoms with Crippen molar-refractivity contribution in [3.8, 4) is 11.3 Å². The normalized spacial score (nSPS) is 10.2. The van der Waals surface area contributed by atoms with Crippen LogP contribution in [0.4, 0.5) is 10.7 Å². The van der Waals surface area contributed by atoms with Crippen LogP contribution in [-0.2, 0) is 9.47 Å². The fourth-order valence-electron chi connectivity index (χ4n) is 1.83. The number of halogens is 1. The highest BCUT2D eigenvalue weighted by Crippen LogP contribution is 2.30. The summed E-state index contributed by atoms with van der Waals surface area (Å²) in [6.07, 6.45) is -0.753. The van der Waals surface area contributed by atoms with Crippen LogP contribution in [0.25, 0.3) is 11.3 Å². The Bertz CT molecular complexity index is 696. The lowest BCUT2D eigenvalue weighted by molar-refractivity contribution is 0.0528. The minimum Gasteiger partial charge on any atom is -0.462 e. The van der Waals surface area contributed by atoms with E-state index >= 15 is 0 Å². The largest absolute Gasteiger partial charge is 0.462 e. The van der Waals surface area contributed by atoms with Crippen LogP contribution in [0.3, 0.4) is 0 Å². The van der Waals surface area contributed by atoms with E-state index in [0.717, 1.165) is 0 Å². The van der Waals surface area contributed by atoms with Crippen LogP contribution in [0.5, 0.6) is 0 Å². The van der Waals surface area contributed by atoms with E-state index < -0.39 is 12.1 Å². The average molecular weight is 339 g/mol. The highest BCUT2D eigenvalue weighted by atomic mass is 35.5. The summed E-state index contributed by atoms with van der Waals surface area (Å²) in [6.45, 7) is 3.68. The summed E-state index contributed by atoms with van der Waals surface area (Å²) in [5.41, 5.74) is 0.854. The van der Waals surface area contributed by atoms with Crippen LogP contribution in [0.2, 0.25) is 5.02 Å². The van der Waals surface area contributed by atoms with Gasteiger partial charge in [-0.2, -0.15) is 0 Å². The standard InChI is InChI=1S/C15H15ClN2O5/c1-3-21-14(19)11-12(9-5-7-10(16)8-6-9)18-23-13(11)17-15(20)22-4-2/h5-8H,3-4H2,1-2H3,(H,17,20). The number of aromatic nitrogens is 1. The number of nitrogens with one attached hydrogen (secondary N) is 1. The molecule has 23 heavy (non-hydrogen) atoms. The second-order valence-corrected chi connectivity index (χ2v) is 4.74. The molecule has 2 rings (SSSR count). The van der Waals surface area contributed by atoms with Crippen LogP contribution in [-0.4, -0.2) is 30.4 Å². The van der Waals surface area contributed by atoms with Gasteiger partial charge in [-0.15, -0.1) is 0 Å². The molecule has 0 fully saturated rings. The van der Waals surface area contributed by atoms with E-state index in [1.54, 1.807) is 38.1 Å². The maximum atomic E-state index is 12.2. The number of hydrogen-bond acceptors (Lipinski definition) is 6. The van der Waals surface area contributed by atoms with Crippen molar-refractivity contribution >= 4 is 29.5 Å². The van der Waals surface area contributed by atoms with Gasteiger partial charge in [0, 0.05) is 10.6 Å². The van der Waals surface area contributed by atoms with Gasteiger partial charge in [0.05, 0.1) is 13.2 Å². The molecule has 0 atom stereocenters. The average Bonchev–Trinajstić information content (AvgIpc) is 2.92. The van der Waals surface area contributed by atoms with Crippen molar-refractivity contribution < 1.29 is 23.6 Å². The van der Waals surface area contributed by atoms with Gasteiger partial charge in [0.15, 0.2) is 5.56 Å². The molecule has 0 aliphatic rings. The van der Waals surface area contributed by atoms with Gasteiger partial charge in [-0.1, -0.05) is 28.9 Å². The predicted octanol–water partition coefficient (Wildman–Crippen LogP) is 3.74. The summed E-state index contributed by atoms with van der Waals surface area (Å²) in [6, 6.07) is 6.66. The third-order valence-electron chi connectivity index (χ3n) is 2.78. The summed E-state index contributed by atoms with van der Waals surface area (Å²) in [7, 11) is 0. The van der Waals surface area contributed by atoms with Gasteiger partial charge in [0.2, 0.25) is 5.88 Å². The minimum absolute atomic E-state index is 0.0159. The third-order valence-corrected chi connectivity index (χ3v) is 3.03. The minimum atomic E-state index is -0.753. The number of hydrogen-bond donors (Lipinski definition) is 1. The molecule has 1 aromatic carbocycles. The third kappa shape index (κ3) is 4.01. The molecule has 7 nitrogen and oxygen atoms in total. The molecule has 0 aliphatic carbocycles. The highest BCUT2D eigenvalue weighted by Gasteiger charge is 2.26. The summed E-state index contributed by atoms with van der Waals surface area (Å²) < 4.78 is 14.8. The van der Waals surface area contributed by atoms with Crippen LogP contribution in [0, 0.1) is 0 Å². The lowest BCUT2D eigenvalue weighted by atomic mass is 10.1. The first-order chi connectivity index (χ1) is 11.1. The fourth-order valence-corrected chi connectivity index (χ4v) is 1.96. The second kappa shape index (κ2) is 7.64. The number of rotatable bonds is 5. The molecule has 1 heterocycles. The summed E-state index contributed by atoms with van der Waals surface area (Å²) in [4.78, 5) is 23.7. The molecule has 0 aliphatic heterocycles. The van der Waals surface area contributed by atoms with Crippen molar-refractivity contribution in [1.29, 1.82) is 0 Å². The lowest BCUT2D eigenvalue weighted by Crippen LogP contribution is -2.16. The molecule has 8 heteroatoms. The van der Waals surface area contributed by atoms with Crippen molar-refractivity contribution in [3.05, 3.63) is 34.9 Å². The quantitative estimate of drug-likeness (QED) is 0.835. The van der Waals surface area contributed by atoms with Gasteiger partial charge >= 0.3 is 12.1 Å². The Kier molecular flexibility index (Phi) is 5.59. The van der Waals surface area contributed by atoms with E-state index in [1.165, 1.54) is 0 Å². The number of anilines is 1. The number of amides is 1. The maximum Gasteiger partial charge on any atom is 0.414 e. The Hall–Kier alpha value is -2.54. The summed E-state index contributed by atoms with van der Waals surface area (Å²) in [5.74, 6) is -0.794. The van der Waals surface area contributed by atoms with Gasteiger partial charge in [0.25, 0.3) is 0 Å². The number of esters is 1. The molecule has 1 N–H and O–H groups in total. The van der Waals surface area contributed by atoms with E-state index in [0.29, 0.717) is 10.6 Å². The van der Waals surface area contributed by atoms with Crippen LogP contribution in [0.1, 0.15) is 24.2 Å². The van der Waals surface area contributed by atoms with E-state index in [9.17, 15) is 9.59 Å². The van der Waals surface area contributed by atoms with Crippen LogP contribution >= 0.6 is 11.6 Å². The zero-order chi connectivity index (χ0) is 16.8. The monoisotopic (exact) mass is 338 g/mol. The molecule has 1 aromatic heterocycles. The Labute approximate surface area is 137 Å². The fraction of sp³-hybridized carbons (Fsp3) is 0.267. The van der Waals surface area contributed by atoms with Gasteiger partial charge in [0.1, 0.15) is 5.69 Å². The smallest absolute Gasteiger partial charge is 0.414 e. The molecule has 1 amide bonds. The maximum absolute atomic E-state index is 12.2. The molecular formula is C15H15ClN2O5. The zero-order valence-electron chi connectivity index (χ0n) is 12.6. The van der Waals surface area contributed by atoms with Gasteiger partial charge in [-0.3, -0.25) is 5.32 Å². The first kappa shape index (κ1) is 16.8. The van der Waals surface area contributed by atoms with Gasteiger partial charge < -0.3 is 14.0 Å². The Morgan fingerprint density at radius 3 is 2.43 bits per heavy atom. The molecular weight excluding hydrogens is 324 g/mol. The lowest BCUT2D eigenvalue weighted by Gasteiger charge is -2.05. The van der Waals surface area contributed by atoms with Crippen molar-refractivity contribution in [1.82, 2.24) is 5.16 Å². The summed E-state index contributed by atoms with van der Waals surface area (Å²) >= 11 is 5.85.